The Labute approximate surface area is 59.7 Å². The van der Waals surface area contributed by atoms with E-state index in [4.69, 9.17) is 5.26 Å². The molecule has 1 aromatic heterocycles. The summed E-state index contributed by atoms with van der Waals surface area (Å²) in [5, 5.41) is 15.2. The normalized spacial score (nSPS) is 10.9. The Morgan fingerprint density at radius 2 is 2.40 bits per heavy atom. The highest BCUT2D eigenvalue weighted by molar-refractivity contribution is 5.20. The van der Waals surface area contributed by atoms with Crippen LogP contribution in [0.5, 0.6) is 0 Å². The van der Waals surface area contributed by atoms with Crippen LogP contribution >= 0.6 is 0 Å². The number of aromatic nitrogens is 2. The minimum atomic E-state index is -0.472. The van der Waals surface area contributed by atoms with Crippen LogP contribution in [0.2, 0.25) is 0 Å². The maximum atomic E-state index is 8.66. The molecule has 0 aromatic carbocycles. The van der Waals surface area contributed by atoms with E-state index in [2.05, 4.69) is 16.3 Å². The van der Waals surface area contributed by atoms with Gasteiger partial charge in [-0.3, -0.25) is 5.10 Å². The molecule has 1 rings (SSSR count). The van der Waals surface area contributed by atoms with Gasteiger partial charge in [-0.2, -0.15) is 10.4 Å². The van der Waals surface area contributed by atoms with Crippen LogP contribution in [0.4, 0.5) is 0 Å². The number of hydrogen-bond acceptors (Lipinski definition) is 2. The fraction of sp³-hybridized carbons (Fsp3) is 0.429. The Bertz CT molecular complexity index is 240. The zero-order valence-electron chi connectivity index (χ0n) is 6.05. The molecule has 0 saturated carbocycles. The van der Waals surface area contributed by atoms with Crippen molar-refractivity contribution < 1.29 is 0 Å². The molecule has 0 aliphatic rings. The van der Waals surface area contributed by atoms with Crippen molar-refractivity contribution in [3.05, 3.63) is 18.0 Å². The second kappa shape index (κ2) is 2.14. The molecule has 0 bridgehead atoms. The van der Waals surface area contributed by atoms with Crippen molar-refractivity contribution in [1.29, 1.82) is 5.26 Å². The maximum absolute atomic E-state index is 8.66. The van der Waals surface area contributed by atoms with E-state index in [1.165, 1.54) is 0 Å². The fourth-order valence-electron chi connectivity index (χ4n) is 0.666. The van der Waals surface area contributed by atoms with Gasteiger partial charge in [-0.15, -0.1) is 0 Å². The molecule has 0 saturated heterocycles. The standard InChI is InChI=1S/C7H9N3/c1-7(2,5-8)6-3-4-9-10-6/h3-4H,1-2H3,(H,9,10). The van der Waals surface area contributed by atoms with Crippen LogP contribution in [-0.4, -0.2) is 10.2 Å². The van der Waals surface area contributed by atoms with Crippen molar-refractivity contribution in [2.24, 2.45) is 0 Å². The van der Waals surface area contributed by atoms with Crippen molar-refractivity contribution >= 4 is 0 Å². The van der Waals surface area contributed by atoms with E-state index < -0.39 is 5.41 Å². The first-order chi connectivity index (χ1) is 4.67. The zero-order chi connectivity index (χ0) is 7.61. The predicted octanol–water partition coefficient (Wildman–Crippen LogP) is 1.21. The molecule has 0 fully saturated rings. The minimum Gasteiger partial charge on any atom is -0.285 e. The van der Waals surface area contributed by atoms with Crippen molar-refractivity contribution in [2.75, 3.05) is 0 Å². The monoisotopic (exact) mass is 135 g/mol. The molecule has 0 aliphatic carbocycles. The van der Waals surface area contributed by atoms with Gasteiger partial charge in [-0.25, -0.2) is 0 Å². The molecular formula is C7H9N3. The molecule has 52 valence electrons. The molecule has 3 heteroatoms. The average molecular weight is 135 g/mol. The zero-order valence-corrected chi connectivity index (χ0v) is 6.05. The molecule has 3 nitrogen and oxygen atoms in total. The first kappa shape index (κ1) is 6.81. The SMILES string of the molecule is CC(C)(C#N)c1cc[nH]n1. The molecule has 0 spiro atoms. The third-order valence-corrected chi connectivity index (χ3v) is 1.42. The Hall–Kier alpha value is -1.30. The van der Waals surface area contributed by atoms with Gasteiger partial charge in [0.25, 0.3) is 0 Å². The lowest BCUT2D eigenvalue weighted by atomic mass is 9.92. The van der Waals surface area contributed by atoms with Crippen LogP contribution in [0.1, 0.15) is 19.5 Å². The van der Waals surface area contributed by atoms with E-state index in [0.717, 1.165) is 5.69 Å². The van der Waals surface area contributed by atoms with Gasteiger partial charge in [0.15, 0.2) is 0 Å². The number of rotatable bonds is 1. The van der Waals surface area contributed by atoms with Crippen LogP contribution in [0.3, 0.4) is 0 Å². The summed E-state index contributed by atoms with van der Waals surface area (Å²) in [6, 6.07) is 3.97. The van der Waals surface area contributed by atoms with Crippen molar-refractivity contribution in [2.45, 2.75) is 19.3 Å². The van der Waals surface area contributed by atoms with Gasteiger partial charge in [-0.05, 0) is 19.9 Å². The lowest BCUT2D eigenvalue weighted by molar-refractivity contribution is 0.655. The molecule has 1 N–H and O–H groups in total. The second-order valence-corrected chi connectivity index (χ2v) is 2.70. The lowest BCUT2D eigenvalue weighted by Gasteiger charge is -2.09. The Balaban J connectivity index is 2.99. The summed E-state index contributed by atoms with van der Waals surface area (Å²) in [4.78, 5) is 0. The summed E-state index contributed by atoms with van der Waals surface area (Å²) in [7, 11) is 0. The number of aromatic amines is 1. The summed E-state index contributed by atoms with van der Waals surface area (Å²) >= 11 is 0. The van der Waals surface area contributed by atoms with Gasteiger partial charge >= 0.3 is 0 Å². The third-order valence-electron chi connectivity index (χ3n) is 1.42. The largest absolute Gasteiger partial charge is 0.285 e. The Morgan fingerprint density at radius 3 is 2.80 bits per heavy atom. The summed E-state index contributed by atoms with van der Waals surface area (Å²) in [5.74, 6) is 0. The van der Waals surface area contributed by atoms with E-state index in [0.29, 0.717) is 0 Å². The van der Waals surface area contributed by atoms with Crippen molar-refractivity contribution in [1.82, 2.24) is 10.2 Å². The maximum Gasteiger partial charge on any atom is 0.0955 e. The molecule has 0 amide bonds. The number of nitrogens with one attached hydrogen (secondary N) is 1. The molecule has 10 heavy (non-hydrogen) atoms. The first-order valence-corrected chi connectivity index (χ1v) is 3.08. The number of H-pyrrole nitrogens is 1. The van der Waals surface area contributed by atoms with Crippen LogP contribution in [0.15, 0.2) is 12.3 Å². The topological polar surface area (TPSA) is 52.5 Å². The highest BCUT2D eigenvalue weighted by atomic mass is 15.1. The second-order valence-electron chi connectivity index (χ2n) is 2.70. The molecule has 1 heterocycles. The van der Waals surface area contributed by atoms with Crippen LogP contribution < -0.4 is 0 Å². The molecule has 0 radical (unpaired) electrons. The van der Waals surface area contributed by atoms with Gasteiger partial charge in [0.1, 0.15) is 0 Å². The van der Waals surface area contributed by atoms with E-state index in [1.807, 2.05) is 19.9 Å². The van der Waals surface area contributed by atoms with Crippen LogP contribution in [0.25, 0.3) is 0 Å². The summed E-state index contributed by atoms with van der Waals surface area (Å²) in [6.45, 7) is 3.67. The summed E-state index contributed by atoms with van der Waals surface area (Å²) in [6.07, 6.45) is 1.72. The highest BCUT2D eigenvalue weighted by Gasteiger charge is 2.21. The molecular weight excluding hydrogens is 126 g/mol. The number of hydrogen-bond donors (Lipinski definition) is 1. The van der Waals surface area contributed by atoms with E-state index in [9.17, 15) is 0 Å². The first-order valence-electron chi connectivity index (χ1n) is 3.08. The fourth-order valence-corrected chi connectivity index (χ4v) is 0.666. The van der Waals surface area contributed by atoms with Gasteiger partial charge < -0.3 is 0 Å². The van der Waals surface area contributed by atoms with Crippen LogP contribution in [0, 0.1) is 11.3 Å². The predicted molar refractivity (Wildman–Crippen MR) is 37.2 cm³/mol. The number of nitrogens with zero attached hydrogens (tertiary/aromatic N) is 2. The lowest BCUT2D eigenvalue weighted by Crippen LogP contribution is -2.14. The third kappa shape index (κ3) is 1.01. The van der Waals surface area contributed by atoms with Gasteiger partial charge in [0, 0.05) is 6.20 Å². The van der Waals surface area contributed by atoms with Gasteiger partial charge in [0.05, 0.1) is 17.2 Å². The van der Waals surface area contributed by atoms with E-state index in [1.54, 1.807) is 6.20 Å². The highest BCUT2D eigenvalue weighted by Crippen LogP contribution is 2.18. The van der Waals surface area contributed by atoms with Crippen molar-refractivity contribution in [3.63, 3.8) is 0 Å². The van der Waals surface area contributed by atoms with Crippen LogP contribution in [-0.2, 0) is 5.41 Å². The average Bonchev–Trinajstić information content (AvgIpc) is 2.38. The van der Waals surface area contributed by atoms with Crippen molar-refractivity contribution in [3.8, 4) is 6.07 Å². The van der Waals surface area contributed by atoms with E-state index in [-0.39, 0.29) is 0 Å². The Morgan fingerprint density at radius 1 is 1.70 bits per heavy atom. The molecule has 1 aromatic rings. The summed E-state index contributed by atoms with van der Waals surface area (Å²) in [5.41, 5.74) is 0.315. The van der Waals surface area contributed by atoms with Gasteiger partial charge in [-0.1, -0.05) is 0 Å². The molecule has 0 aliphatic heterocycles. The molecule has 0 atom stereocenters. The minimum absolute atomic E-state index is 0.472. The Kier molecular flexibility index (Phi) is 1.46. The summed E-state index contributed by atoms with van der Waals surface area (Å²) < 4.78 is 0. The molecule has 0 unspecified atom stereocenters. The smallest absolute Gasteiger partial charge is 0.0955 e. The quantitative estimate of drug-likeness (QED) is 0.629. The van der Waals surface area contributed by atoms with Gasteiger partial charge in [0.2, 0.25) is 0 Å². The number of nitriles is 1. The van der Waals surface area contributed by atoms with E-state index >= 15 is 0 Å².